The van der Waals surface area contributed by atoms with Crippen molar-refractivity contribution in [3.63, 3.8) is 0 Å². The summed E-state index contributed by atoms with van der Waals surface area (Å²) in [5, 5.41) is 1.24. The highest BCUT2D eigenvalue weighted by atomic mass is 32.2. The van der Waals surface area contributed by atoms with Gasteiger partial charge < -0.3 is 9.64 Å². The van der Waals surface area contributed by atoms with Crippen molar-refractivity contribution in [2.45, 2.75) is 26.3 Å². The topological polar surface area (TPSA) is 28.1 Å². The van der Waals surface area contributed by atoms with Crippen molar-refractivity contribution in [3.05, 3.63) is 35.4 Å². The van der Waals surface area contributed by atoms with Gasteiger partial charge in [-0.15, -0.1) is 0 Å². The van der Waals surface area contributed by atoms with E-state index in [1.54, 1.807) is 0 Å². The minimum absolute atomic E-state index is 0.884. The molecule has 0 spiro atoms. The van der Waals surface area contributed by atoms with Crippen LogP contribution in [0, 0.1) is 6.92 Å². The first-order valence-corrected chi connectivity index (χ1v) is 10.1. The summed E-state index contributed by atoms with van der Waals surface area (Å²) in [4.78, 5) is 9.80. The lowest BCUT2D eigenvalue weighted by Crippen LogP contribution is -2.39. The van der Waals surface area contributed by atoms with Crippen LogP contribution in [-0.4, -0.2) is 66.7 Å². The third-order valence-corrected chi connectivity index (χ3v) is 5.82. The molecule has 0 N–H and O–H groups in total. The average Bonchev–Trinajstić information content (AvgIpc) is 2.64. The third-order valence-electron chi connectivity index (χ3n) is 4.68. The predicted molar refractivity (Wildman–Crippen MR) is 103 cm³/mol. The molecule has 1 saturated heterocycles. The highest BCUT2D eigenvalue weighted by Gasteiger charge is 2.17. The molecule has 1 aromatic carbocycles. The molecule has 1 fully saturated rings. The average molecular weight is 348 g/mol. The zero-order valence-corrected chi connectivity index (χ0v) is 15.6. The van der Waals surface area contributed by atoms with Crippen molar-refractivity contribution in [1.82, 2.24) is 9.80 Å². The Kier molecular flexibility index (Phi) is 6.99. The summed E-state index contributed by atoms with van der Waals surface area (Å²) in [6.45, 7) is 10.3. The lowest BCUT2D eigenvalue weighted by atomic mass is 10.1. The van der Waals surface area contributed by atoms with E-state index in [-0.39, 0.29) is 0 Å². The normalized spacial score (nSPS) is 19.1. The molecule has 0 aromatic heterocycles. The van der Waals surface area contributed by atoms with Gasteiger partial charge in [0.05, 0.1) is 13.2 Å². The fourth-order valence-corrected chi connectivity index (χ4v) is 4.16. The first kappa shape index (κ1) is 17.8. The molecule has 2 heterocycles. The van der Waals surface area contributed by atoms with Crippen LogP contribution in [-0.2, 0) is 11.3 Å². The van der Waals surface area contributed by atoms with Crippen LogP contribution in [0.5, 0.6) is 0 Å². The van der Waals surface area contributed by atoms with Gasteiger partial charge in [0.15, 0.2) is 5.17 Å². The summed E-state index contributed by atoms with van der Waals surface area (Å²) in [5.74, 6) is 1.20. The lowest BCUT2D eigenvalue weighted by molar-refractivity contribution is 0.0368. The number of rotatable bonds is 6. The van der Waals surface area contributed by atoms with E-state index in [9.17, 15) is 0 Å². The summed E-state index contributed by atoms with van der Waals surface area (Å²) < 4.78 is 5.44. The van der Waals surface area contributed by atoms with E-state index in [0.717, 1.165) is 52.5 Å². The number of benzene rings is 1. The molecule has 2 aliphatic heterocycles. The molecule has 3 rings (SSSR count). The zero-order chi connectivity index (χ0) is 16.6. The second-order valence-electron chi connectivity index (χ2n) is 6.52. The van der Waals surface area contributed by atoms with Gasteiger partial charge in [0.1, 0.15) is 0 Å². The Bertz CT molecular complexity index is 543. The molecular weight excluding hydrogens is 318 g/mol. The van der Waals surface area contributed by atoms with E-state index >= 15 is 0 Å². The molecular formula is C19H29N3OS. The van der Waals surface area contributed by atoms with Crippen LogP contribution in [0.1, 0.15) is 24.0 Å². The van der Waals surface area contributed by atoms with Crippen LogP contribution >= 0.6 is 11.8 Å². The molecule has 0 saturated carbocycles. The number of ether oxygens (including phenoxy) is 1. The lowest BCUT2D eigenvalue weighted by Gasteiger charge is -2.30. The molecule has 2 aliphatic rings. The number of thioether (sulfide) groups is 1. The first-order valence-electron chi connectivity index (χ1n) is 9.10. The van der Waals surface area contributed by atoms with Crippen LogP contribution in [0.15, 0.2) is 29.3 Å². The standard InChI is InChI=1S/C19H29N3OS/c1-17-6-2-3-7-18(17)16-22(19-20-8-4-15-24-19)10-5-9-21-11-13-23-14-12-21/h2-3,6-7H,4-5,8-16H2,1H3. The summed E-state index contributed by atoms with van der Waals surface area (Å²) in [7, 11) is 0. The van der Waals surface area contributed by atoms with Crippen LogP contribution in [0.4, 0.5) is 0 Å². The molecule has 24 heavy (non-hydrogen) atoms. The van der Waals surface area contributed by atoms with Crippen molar-refractivity contribution < 1.29 is 4.74 Å². The van der Waals surface area contributed by atoms with Gasteiger partial charge in [-0.1, -0.05) is 36.0 Å². The Morgan fingerprint density at radius 2 is 2.08 bits per heavy atom. The molecule has 0 bridgehead atoms. The molecule has 4 nitrogen and oxygen atoms in total. The molecule has 0 aliphatic carbocycles. The highest BCUT2D eigenvalue weighted by Crippen LogP contribution is 2.20. The smallest absolute Gasteiger partial charge is 0.159 e. The van der Waals surface area contributed by atoms with Gasteiger partial charge >= 0.3 is 0 Å². The zero-order valence-electron chi connectivity index (χ0n) is 14.7. The number of hydrogen-bond donors (Lipinski definition) is 0. The second kappa shape index (κ2) is 9.44. The Hall–Kier alpha value is -1.04. The Labute approximate surface area is 150 Å². The number of hydrogen-bond acceptors (Lipinski definition) is 5. The van der Waals surface area contributed by atoms with Gasteiger partial charge in [0, 0.05) is 45.0 Å². The molecule has 1 aromatic rings. The van der Waals surface area contributed by atoms with Crippen molar-refractivity contribution in [1.29, 1.82) is 0 Å². The molecule has 0 atom stereocenters. The fraction of sp³-hybridized carbons (Fsp3) is 0.632. The van der Waals surface area contributed by atoms with Crippen molar-refractivity contribution in [2.24, 2.45) is 4.99 Å². The van der Waals surface area contributed by atoms with Gasteiger partial charge in [0.25, 0.3) is 0 Å². The van der Waals surface area contributed by atoms with E-state index in [1.165, 1.54) is 34.9 Å². The molecule has 132 valence electrons. The van der Waals surface area contributed by atoms with Gasteiger partial charge in [-0.3, -0.25) is 9.89 Å². The number of aliphatic imine (C=N–C) groups is 1. The van der Waals surface area contributed by atoms with E-state index in [1.807, 2.05) is 11.8 Å². The van der Waals surface area contributed by atoms with Crippen LogP contribution < -0.4 is 0 Å². The second-order valence-corrected chi connectivity index (χ2v) is 7.58. The number of morpholine rings is 1. The minimum atomic E-state index is 0.884. The minimum Gasteiger partial charge on any atom is -0.379 e. The largest absolute Gasteiger partial charge is 0.379 e. The van der Waals surface area contributed by atoms with E-state index in [2.05, 4.69) is 41.0 Å². The van der Waals surface area contributed by atoms with E-state index in [0.29, 0.717) is 0 Å². The van der Waals surface area contributed by atoms with Gasteiger partial charge in [-0.05, 0) is 30.9 Å². The van der Waals surface area contributed by atoms with Crippen LogP contribution in [0.25, 0.3) is 0 Å². The molecule has 0 unspecified atom stereocenters. The quantitative estimate of drug-likeness (QED) is 0.791. The summed E-state index contributed by atoms with van der Waals surface area (Å²) in [6.07, 6.45) is 2.39. The Morgan fingerprint density at radius 1 is 1.25 bits per heavy atom. The SMILES string of the molecule is Cc1ccccc1CN(CCCN1CCOCC1)C1=NCCCS1. The predicted octanol–water partition coefficient (Wildman–Crippen LogP) is 3.01. The van der Waals surface area contributed by atoms with Crippen molar-refractivity contribution >= 4 is 16.9 Å². The molecule has 0 amide bonds. The van der Waals surface area contributed by atoms with Crippen LogP contribution in [0.3, 0.4) is 0 Å². The Morgan fingerprint density at radius 3 is 2.83 bits per heavy atom. The van der Waals surface area contributed by atoms with Crippen molar-refractivity contribution in [3.8, 4) is 0 Å². The first-order chi connectivity index (χ1) is 11.8. The van der Waals surface area contributed by atoms with Crippen molar-refractivity contribution in [2.75, 3.05) is 51.7 Å². The maximum absolute atomic E-state index is 5.44. The van der Waals surface area contributed by atoms with Gasteiger partial charge in [-0.25, -0.2) is 0 Å². The maximum atomic E-state index is 5.44. The Balaban J connectivity index is 1.59. The molecule has 5 heteroatoms. The highest BCUT2D eigenvalue weighted by molar-refractivity contribution is 8.13. The number of amidine groups is 1. The maximum Gasteiger partial charge on any atom is 0.159 e. The van der Waals surface area contributed by atoms with Gasteiger partial charge in [-0.2, -0.15) is 0 Å². The monoisotopic (exact) mass is 347 g/mol. The summed E-state index contributed by atoms with van der Waals surface area (Å²) >= 11 is 1.92. The fourth-order valence-electron chi connectivity index (χ4n) is 3.19. The summed E-state index contributed by atoms with van der Waals surface area (Å²) in [5.41, 5.74) is 2.79. The van der Waals surface area contributed by atoms with E-state index < -0.39 is 0 Å². The van der Waals surface area contributed by atoms with Crippen LogP contribution in [0.2, 0.25) is 0 Å². The number of aryl methyl sites for hydroxylation is 1. The summed E-state index contributed by atoms with van der Waals surface area (Å²) in [6, 6.07) is 8.72. The molecule has 0 radical (unpaired) electrons. The van der Waals surface area contributed by atoms with Gasteiger partial charge in [0.2, 0.25) is 0 Å². The number of nitrogens with zero attached hydrogens (tertiary/aromatic N) is 3. The van der Waals surface area contributed by atoms with E-state index in [4.69, 9.17) is 9.73 Å². The third kappa shape index (κ3) is 5.23.